The van der Waals surface area contributed by atoms with Gasteiger partial charge in [-0.25, -0.2) is 4.79 Å². The molecule has 0 aliphatic heterocycles. The molecule has 0 atom stereocenters. The molecule has 0 aromatic rings. The highest BCUT2D eigenvalue weighted by Crippen LogP contribution is 1.80. The van der Waals surface area contributed by atoms with Crippen LogP contribution in [-0.4, -0.2) is 12.7 Å². The van der Waals surface area contributed by atoms with Crippen LogP contribution in [0.25, 0.3) is 0 Å². The second-order valence-corrected chi connectivity index (χ2v) is 1.22. The zero-order valence-corrected chi connectivity index (χ0v) is 4.72. The normalized spacial score (nSPS) is 8.62. The van der Waals surface area contributed by atoms with Crippen molar-refractivity contribution in [3.05, 3.63) is 0 Å². The van der Waals surface area contributed by atoms with Gasteiger partial charge in [-0.2, -0.15) is 4.89 Å². The molecule has 4 nitrogen and oxygen atoms in total. The fourth-order valence-electron chi connectivity index (χ4n) is 0.183. The van der Waals surface area contributed by atoms with Crippen LogP contribution in [0.2, 0.25) is 0 Å². The van der Waals surface area contributed by atoms with Gasteiger partial charge in [0.15, 0.2) is 0 Å². The molecule has 0 aromatic carbocycles. The summed E-state index contributed by atoms with van der Waals surface area (Å²) in [5.41, 5.74) is 4.55. The molecule has 0 aliphatic carbocycles. The highest BCUT2D eigenvalue weighted by Gasteiger charge is 1.89. The van der Waals surface area contributed by atoms with E-state index < -0.39 is 6.09 Å². The minimum absolute atomic E-state index is 0.392. The van der Waals surface area contributed by atoms with E-state index in [0.717, 1.165) is 6.42 Å². The number of carbonyl (C=O) groups is 1. The second kappa shape index (κ2) is 4.39. The van der Waals surface area contributed by atoms with Crippen molar-refractivity contribution in [3.8, 4) is 0 Å². The molecule has 0 radical (unpaired) electrons. The Balaban J connectivity index is 2.82. The fraction of sp³-hybridized carbons (Fsp3) is 0.750. The Bertz CT molecular complexity index is 73.7. The molecule has 0 fully saturated rings. The minimum Gasteiger partial charge on any atom is -0.333 e. The van der Waals surface area contributed by atoms with Crippen molar-refractivity contribution in [2.24, 2.45) is 5.73 Å². The summed E-state index contributed by atoms with van der Waals surface area (Å²) in [5.74, 6) is 0. The van der Waals surface area contributed by atoms with Crippen molar-refractivity contribution in [1.82, 2.24) is 0 Å². The van der Waals surface area contributed by atoms with Crippen molar-refractivity contribution in [3.63, 3.8) is 0 Å². The summed E-state index contributed by atoms with van der Waals surface area (Å²) in [6.07, 6.45) is -0.105. The summed E-state index contributed by atoms with van der Waals surface area (Å²) in [6.45, 7) is 2.29. The Kier molecular flexibility index (Phi) is 3.97. The highest BCUT2D eigenvalue weighted by atomic mass is 17.2. The lowest BCUT2D eigenvalue weighted by Crippen LogP contribution is -2.13. The molecule has 1 amide bonds. The van der Waals surface area contributed by atoms with Crippen LogP contribution < -0.4 is 5.73 Å². The average molecular weight is 119 g/mol. The van der Waals surface area contributed by atoms with Crippen LogP contribution in [0.5, 0.6) is 0 Å². The van der Waals surface area contributed by atoms with Crippen LogP contribution in [0.3, 0.4) is 0 Å². The van der Waals surface area contributed by atoms with Crippen LogP contribution in [-0.2, 0) is 9.78 Å². The maximum absolute atomic E-state index is 9.75. The molecule has 0 saturated carbocycles. The van der Waals surface area contributed by atoms with Gasteiger partial charge in [0.05, 0.1) is 6.61 Å². The first kappa shape index (κ1) is 7.23. The number of nitrogens with two attached hydrogens (primary N) is 1. The Hall–Kier alpha value is -0.770. The average Bonchev–Trinajstić information content (AvgIpc) is 1.66. The third kappa shape index (κ3) is 5.23. The summed E-state index contributed by atoms with van der Waals surface area (Å²) in [5, 5.41) is 0. The smallest absolute Gasteiger partial charge is 0.333 e. The Morgan fingerprint density at radius 1 is 1.75 bits per heavy atom. The van der Waals surface area contributed by atoms with Crippen molar-refractivity contribution < 1.29 is 14.6 Å². The van der Waals surface area contributed by atoms with E-state index in [4.69, 9.17) is 0 Å². The summed E-state index contributed by atoms with van der Waals surface area (Å²) < 4.78 is 0. The Labute approximate surface area is 47.5 Å². The summed E-state index contributed by atoms with van der Waals surface area (Å²) in [4.78, 5) is 17.9. The standard InChI is InChI=1S/C4H9NO3/c1-2-3-7-8-4(5)6/h2-3H2,1H3,(H2,5,6). The van der Waals surface area contributed by atoms with Gasteiger partial charge < -0.3 is 5.73 Å². The van der Waals surface area contributed by atoms with Crippen molar-refractivity contribution in [2.75, 3.05) is 6.61 Å². The molecule has 0 rings (SSSR count). The molecule has 0 unspecified atom stereocenters. The molecule has 2 N–H and O–H groups in total. The lowest BCUT2D eigenvalue weighted by atomic mass is 10.5. The fourth-order valence-corrected chi connectivity index (χ4v) is 0.183. The van der Waals surface area contributed by atoms with Crippen LogP contribution in [0.4, 0.5) is 4.79 Å². The molecule has 0 spiro atoms. The number of hydrogen-bond acceptors (Lipinski definition) is 3. The Morgan fingerprint density at radius 3 is 2.75 bits per heavy atom. The molecule has 48 valence electrons. The monoisotopic (exact) mass is 119 g/mol. The van der Waals surface area contributed by atoms with E-state index in [-0.39, 0.29) is 0 Å². The first-order valence-electron chi connectivity index (χ1n) is 2.36. The van der Waals surface area contributed by atoms with Gasteiger partial charge in [-0.1, -0.05) is 6.92 Å². The van der Waals surface area contributed by atoms with Gasteiger partial charge in [-0.05, 0) is 6.42 Å². The van der Waals surface area contributed by atoms with Gasteiger partial charge in [-0.3, -0.25) is 4.89 Å². The zero-order valence-electron chi connectivity index (χ0n) is 4.72. The third-order valence-electron chi connectivity index (χ3n) is 0.429. The zero-order chi connectivity index (χ0) is 6.41. The van der Waals surface area contributed by atoms with E-state index in [1.807, 2.05) is 6.92 Å². The van der Waals surface area contributed by atoms with E-state index in [1.54, 1.807) is 0 Å². The van der Waals surface area contributed by atoms with E-state index in [0.29, 0.717) is 6.61 Å². The largest absolute Gasteiger partial charge is 0.436 e. The molecule has 0 aliphatic rings. The van der Waals surface area contributed by atoms with Crippen LogP contribution in [0.15, 0.2) is 0 Å². The van der Waals surface area contributed by atoms with Crippen LogP contribution in [0.1, 0.15) is 13.3 Å². The number of primary amides is 1. The van der Waals surface area contributed by atoms with E-state index >= 15 is 0 Å². The molecule has 0 aromatic heterocycles. The van der Waals surface area contributed by atoms with Crippen molar-refractivity contribution >= 4 is 6.09 Å². The second-order valence-electron chi connectivity index (χ2n) is 1.22. The summed E-state index contributed by atoms with van der Waals surface area (Å²) in [7, 11) is 0. The van der Waals surface area contributed by atoms with Crippen LogP contribution >= 0.6 is 0 Å². The van der Waals surface area contributed by atoms with Crippen LogP contribution in [0, 0.1) is 0 Å². The lowest BCUT2D eigenvalue weighted by Gasteiger charge is -1.95. The number of amides is 1. The molecular weight excluding hydrogens is 110 g/mol. The molecule has 0 saturated heterocycles. The molecule has 4 heteroatoms. The first-order chi connectivity index (χ1) is 3.77. The first-order valence-corrected chi connectivity index (χ1v) is 2.36. The molecule has 8 heavy (non-hydrogen) atoms. The predicted octanol–water partition coefficient (Wildman–Crippen LogP) is 0.423. The molecular formula is C4H9NO3. The maximum atomic E-state index is 9.75. The summed E-state index contributed by atoms with van der Waals surface area (Å²) >= 11 is 0. The lowest BCUT2D eigenvalue weighted by molar-refractivity contribution is -0.235. The van der Waals surface area contributed by atoms with Gasteiger partial charge in [-0.15, -0.1) is 0 Å². The number of hydrogen-bond donors (Lipinski definition) is 1. The van der Waals surface area contributed by atoms with Gasteiger partial charge in [0.2, 0.25) is 0 Å². The van der Waals surface area contributed by atoms with E-state index in [9.17, 15) is 4.79 Å². The third-order valence-corrected chi connectivity index (χ3v) is 0.429. The maximum Gasteiger partial charge on any atom is 0.436 e. The van der Waals surface area contributed by atoms with E-state index in [1.165, 1.54) is 0 Å². The topological polar surface area (TPSA) is 61.6 Å². The van der Waals surface area contributed by atoms with Crippen molar-refractivity contribution in [1.29, 1.82) is 0 Å². The SMILES string of the molecule is CCCOOC(N)=O. The number of rotatable bonds is 3. The van der Waals surface area contributed by atoms with Gasteiger partial charge >= 0.3 is 6.09 Å². The molecule has 0 heterocycles. The highest BCUT2D eigenvalue weighted by molar-refractivity contribution is 5.63. The quantitative estimate of drug-likeness (QED) is 0.333. The van der Waals surface area contributed by atoms with Gasteiger partial charge in [0.25, 0.3) is 0 Å². The minimum atomic E-state index is -0.904. The predicted molar refractivity (Wildman–Crippen MR) is 26.9 cm³/mol. The van der Waals surface area contributed by atoms with E-state index in [2.05, 4.69) is 15.5 Å². The Morgan fingerprint density at radius 2 is 2.38 bits per heavy atom. The number of carbonyl (C=O) groups excluding carboxylic acids is 1. The summed E-state index contributed by atoms with van der Waals surface area (Å²) in [6, 6.07) is 0. The van der Waals surface area contributed by atoms with Crippen molar-refractivity contribution in [2.45, 2.75) is 13.3 Å². The van der Waals surface area contributed by atoms with Gasteiger partial charge in [0.1, 0.15) is 0 Å². The molecule has 0 bridgehead atoms. The van der Waals surface area contributed by atoms with Gasteiger partial charge in [0, 0.05) is 0 Å².